The van der Waals surface area contributed by atoms with E-state index >= 15 is 0 Å². The summed E-state index contributed by atoms with van der Waals surface area (Å²) in [5.41, 5.74) is 0.856. The lowest BCUT2D eigenvalue weighted by molar-refractivity contribution is 0.928. The second-order valence-electron chi connectivity index (χ2n) is 2.22. The Balaban J connectivity index is 2.89. The molecule has 0 saturated carbocycles. The molecule has 2 aromatic rings. The summed E-state index contributed by atoms with van der Waals surface area (Å²) in [4.78, 5) is 0. The van der Waals surface area contributed by atoms with Crippen molar-refractivity contribution >= 4 is 10.9 Å². The van der Waals surface area contributed by atoms with Crippen molar-refractivity contribution in [2.75, 3.05) is 0 Å². The monoisotopic (exact) mass is 143 g/mol. The van der Waals surface area contributed by atoms with Gasteiger partial charge in [0.1, 0.15) is 0 Å². The molecular weight excluding hydrogens is 138 g/mol. The van der Waals surface area contributed by atoms with Gasteiger partial charge in [0.25, 0.3) is 0 Å². The van der Waals surface area contributed by atoms with Crippen molar-refractivity contribution in [2.24, 2.45) is 0 Å². The molecule has 0 saturated heterocycles. The Morgan fingerprint density at radius 1 is 1.36 bits per heavy atom. The average Bonchev–Trinajstić information content (AvgIpc) is 2.47. The molecule has 0 amide bonds. The third-order valence-electron chi connectivity index (χ3n) is 1.57. The number of rotatable bonds is 0. The highest BCUT2D eigenvalue weighted by molar-refractivity contribution is 5.78. The van der Waals surface area contributed by atoms with Crippen LogP contribution in [-0.2, 0) is 0 Å². The second kappa shape index (κ2) is 2.10. The Labute approximate surface area is 63.5 Å². The lowest BCUT2D eigenvalue weighted by Crippen LogP contribution is -1.87. The summed E-state index contributed by atoms with van der Waals surface area (Å²) in [6.07, 6.45) is 3.63. The molecule has 3 heteroatoms. The molecule has 0 bridgehead atoms. The zero-order valence-corrected chi connectivity index (χ0v) is 5.73. The maximum absolute atomic E-state index is 8.57. The Bertz CT molecular complexity index is 422. The number of nitrogens with zero attached hydrogens (tertiary/aromatic N) is 3. The van der Waals surface area contributed by atoms with Crippen LogP contribution in [0.25, 0.3) is 10.9 Å². The van der Waals surface area contributed by atoms with Crippen molar-refractivity contribution in [3.8, 4) is 6.19 Å². The van der Waals surface area contributed by atoms with Crippen LogP contribution in [0.5, 0.6) is 0 Å². The third-order valence-corrected chi connectivity index (χ3v) is 1.57. The average molecular weight is 143 g/mol. The van der Waals surface area contributed by atoms with Gasteiger partial charge in [0.2, 0.25) is 6.19 Å². The van der Waals surface area contributed by atoms with Gasteiger partial charge in [0.05, 0.1) is 11.7 Å². The van der Waals surface area contributed by atoms with Gasteiger partial charge in [0.15, 0.2) is 0 Å². The number of fused-ring (bicyclic) bond motifs is 1. The Morgan fingerprint density at radius 3 is 3.00 bits per heavy atom. The molecular formula is C8H5N3. The minimum atomic E-state index is 0.856. The van der Waals surface area contributed by atoms with Crippen LogP contribution in [0.3, 0.4) is 0 Å². The van der Waals surface area contributed by atoms with Gasteiger partial charge in [-0.05, 0) is 6.07 Å². The number of hydrogen-bond acceptors (Lipinski definition) is 2. The molecule has 0 aliphatic rings. The molecule has 0 fully saturated rings. The molecule has 0 unspecified atom stereocenters. The fraction of sp³-hybridized carbons (Fsp3) is 0. The van der Waals surface area contributed by atoms with Crippen LogP contribution in [0.1, 0.15) is 0 Å². The molecule has 1 aromatic heterocycles. The summed E-state index contributed by atoms with van der Waals surface area (Å²) in [5.74, 6) is 0. The lowest BCUT2D eigenvalue weighted by Gasteiger charge is -1.87. The molecule has 0 N–H and O–H groups in total. The molecule has 3 nitrogen and oxygen atoms in total. The van der Waals surface area contributed by atoms with Gasteiger partial charge in [-0.1, -0.05) is 18.2 Å². The standard InChI is InChI=1S/C8H5N3/c9-6-11-8-4-2-1-3-7(8)5-10-11/h1-5H. The van der Waals surface area contributed by atoms with E-state index < -0.39 is 0 Å². The van der Waals surface area contributed by atoms with E-state index in [1.807, 2.05) is 30.5 Å². The number of aromatic nitrogens is 2. The molecule has 2 rings (SSSR count). The van der Waals surface area contributed by atoms with E-state index in [0.29, 0.717) is 0 Å². The first kappa shape index (κ1) is 5.93. The zero-order chi connectivity index (χ0) is 7.68. The van der Waals surface area contributed by atoms with E-state index in [-0.39, 0.29) is 0 Å². The first-order chi connectivity index (χ1) is 5.42. The molecule has 11 heavy (non-hydrogen) atoms. The molecule has 1 aromatic carbocycles. The van der Waals surface area contributed by atoms with E-state index in [4.69, 9.17) is 5.26 Å². The van der Waals surface area contributed by atoms with Crippen LogP contribution >= 0.6 is 0 Å². The van der Waals surface area contributed by atoms with Crippen molar-refractivity contribution in [2.45, 2.75) is 0 Å². The molecule has 0 radical (unpaired) electrons. The van der Waals surface area contributed by atoms with Crippen LogP contribution in [0.4, 0.5) is 0 Å². The highest BCUT2D eigenvalue weighted by Gasteiger charge is 1.97. The quantitative estimate of drug-likeness (QED) is 0.558. The molecule has 1 heterocycles. The van der Waals surface area contributed by atoms with Crippen LogP contribution < -0.4 is 0 Å². The highest BCUT2D eigenvalue weighted by Crippen LogP contribution is 2.10. The van der Waals surface area contributed by atoms with Gasteiger partial charge in [-0.2, -0.15) is 15.0 Å². The zero-order valence-electron chi connectivity index (χ0n) is 5.73. The van der Waals surface area contributed by atoms with Gasteiger partial charge >= 0.3 is 0 Å². The minimum Gasteiger partial charge on any atom is -0.170 e. The fourth-order valence-corrected chi connectivity index (χ4v) is 1.05. The van der Waals surface area contributed by atoms with Gasteiger partial charge in [-0.25, -0.2) is 0 Å². The van der Waals surface area contributed by atoms with E-state index in [1.54, 1.807) is 6.20 Å². The normalized spacial score (nSPS) is 9.73. The van der Waals surface area contributed by atoms with Crippen LogP contribution in [0.15, 0.2) is 30.5 Å². The van der Waals surface area contributed by atoms with Crippen molar-refractivity contribution < 1.29 is 0 Å². The summed E-state index contributed by atoms with van der Waals surface area (Å²) >= 11 is 0. The van der Waals surface area contributed by atoms with Crippen LogP contribution in [-0.4, -0.2) is 9.78 Å². The van der Waals surface area contributed by atoms with E-state index in [0.717, 1.165) is 10.9 Å². The first-order valence-corrected chi connectivity index (χ1v) is 3.25. The number of hydrogen-bond donors (Lipinski definition) is 0. The summed E-state index contributed by atoms with van der Waals surface area (Å²) < 4.78 is 1.30. The van der Waals surface area contributed by atoms with Crippen molar-refractivity contribution in [1.82, 2.24) is 9.78 Å². The molecule has 52 valence electrons. The summed E-state index contributed by atoms with van der Waals surface area (Å²) in [5, 5.41) is 13.4. The van der Waals surface area contributed by atoms with E-state index in [1.165, 1.54) is 4.68 Å². The number of nitriles is 1. The summed E-state index contributed by atoms with van der Waals surface area (Å²) in [6.45, 7) is 0. The molecule has 0 aliphatic heterocycles. The predicted octanol–water partition coefficient (Wildman–Crippen LogP) is 1.37. The van der Waals surface area contributed by atoms with Gasteiger partial charge < -0.3 is 0 Å². The van der Waals surface area contributed by atoms with Crippen LogP contribution in [0.2, 0.25) is 0 Å². The van der Waals surface area contributed by atoms with E-state index in [9.17, 15) is 0 Å². The number of para-hydroxylation sites is 1. The smallest absolute Gasteiger partial charge is 0.170 e. The largest absolute Gasteiger partial charge is 0.206 e. The maximum atomic E-state index is 8.57. The predicted molar refractivity (Wildman–Crippen MR) is 40.7 cm³/mol. The molecule has 0 aliphatic carbocycles. The topological polar surface area (TPSA) is 41.6 Å². The Kier molecular flexibility index (Phi) is 1.13. The lowest BCUT2D eigenvalue weighted by atomic mass is 10.3. The summed E-state index contributed by atoms with van der Waals surface area (Å²) in [7, 11) is 0. The first-order valence-electron chi connectivity index (χ1n) is 3.25. The van der Waals surface area contributed by atoms with Gasteiger partial charge in [0, 0.05) is 5.39 Å². The fourth-order valence-electron chi connectivity index (χ4n) is 1.05. The Morgan fingerprint density at radius 2 is 2.18 bits per heavy atom. The van der Waals surface area contributed by atoms with Gasteiger partial charge in [-0.15, -0.1) is 0 Å². The molecule has 0 atom stereocenters. The van der Waals surface area contributed by atoms with Crippen molar-refractivity contribution in [3.63, 3.8) is 0 Å². The molecule has 0 spiro atoms. The highest BCUT2D eigenvalue weighted by atomic mass is 15.3. The third kappa shape index (κ3) is 0.767. The Hall–Kier alpha value is -1.82. The van der Waals surface area contributed by atoms with Gasteiger partial charge in [-0.3, -0.25) is 0 Å². The summed E-state index contributed by atoms with van der Waals surface area (Å²) in [6, 6.07) is 7.60. The number of benzene rings is 1. The van der Waals surface area contributed by atoms with Crippen LogP contribution in [0, 0.1) is 11.5 Å². The van der Waals surface area contributed by atoms with Crippen molar-refractivity contribution in [1.29, 1.82) is 5.26 Å². The SMILES string of the molecule is N#Cn1ncc2ccccc21. The van der Waals surface area contributed by atoms with E-state index in [2.05, 4.69) is 5.10 Å². The minimum absolute atomic E-state index is 0.856. The second-order valence-corrected chi connectivity index (χ2v) is 2.22. The van der Waals surface area contributed by atoms with Crippen molar-refractivity contribution in [3.05, 3.63) is 30.5 Å². The maximum Gasteiger partial charge on any atom is 0.206 e.